The standard InChI is InChI=1S/C29H33ClFN7O3S/c1-37-11-13-38(14-12-37)10-8-27(39)34-26-16-20(7-9-32-26)33-25-17-24(22-15-19(30)5-6-23(22)31)35-36-29(25)42-18-21-3-2-4-28(40)41-21/h5-7,9,15-17,21H,2-4,8,10-14,18H2,1H3,(H2,32,33,34,35,39)/t21-/m1/s1. The van der Waals surface area contributed by atoms with Crippen LogP contribution in [0.3, 0.4) is 0 Å². The first-order valence-corrected chi connectivity index (χ1v) is 15.3. The zero-order valence-corrected chi connectivity index (χ0v) is 24.9. The first-order valence-electron chi connectivity index (χ1n) is 13.9. The minimum Gasteiger partial charge on any atom is -0.461 e. The van der Waals surface area contributed by atoms with Gasteiger partial charge in [0, 0.05) is 79.9 Å². The Labute approximate surface area is 253 Å². The molecular formula is C29H33ClFN7O3S. The molecule has 222 valence electrons. The third kappa shape index (κ3) is 8.37. The number of aromatic nitrogens is 3. The van der Waals surface area contributed by atoms with E-state index in [-0.39, 0.29) is 23.5 Å². The first kappa shape index (κ1) is 30.1. The molecule has 0 aliphatic carbocycles. The Morgan fingerprint density at radius 1 is 1.17 bits per heavy atom. The average molecular weight is 614 g/mol. The van der Waals surface area contributed by atoms with Gasteiger partial charge in [-0.3, -0.25) is 9.59 Å². The highest BCUT2D eigenvalue weighted by Gasteiger charge is 2.22. The normalized spacial score (nSPS) is 18.0. The van der Waals surface area contributed by atoms with E-state index in [9.17, 15) is 14.0 Å². The van der Waals surface area contributed by atoms with Crippen molar-refractivity contribution in [2.75, 3.05) is 56.2 Å². The number of pyridine rings is 1. The lowest BCUT2D eigenvalue weighted by Gasteiger charge is -2.32. The summed E-state index contributed by atoms with van der Waals surface area (Å²) in [6.07, 6.45) is 3.75. The van der Waals surface area contributed by atoms with Gasteiger partial charge in [-0.15, -0.1) is 10.2 Å². The predicted molar refractivity (Wildman–Crippen MR) is 162 cm³/mol. The van der Waals surface area contributed by atoms with Crippen molar-refractivity contribution in [3.8, 4) is 11.3 Å². The van der Waals surface area contributed by atoms with Crippen molar-refractivity contribution < 1.29 is 18.7 Å². The van der Waals surface area contributed by atoms with Crippen LogP contribution in [-0.2, 0) is 14.3 Å². The number of benzene rings is 1. The molecule has 5 rings (SSSR count). The number of amides is 1. The molecule has 2 fully saturated rings. The second-order valence-corrected chi connectivity index (χ2v) is 11.8. The number of nitrogens with one attached hydrogen (secondary N) is 2. The van der Waals surface area contributed by atoms with Crippen LogP contribution in [0.1, 0.15) is 25.7 Å². The van der Waals surface area contributed by atoms with Crippen LogP contribution in [0.25, 0.3) is 11.3 Å². The van der Waals surface area contributed by atoms with Crippen LogP contribution in [0.2, 0.25) is 5.02 Å². The largest absolute Gasteiger partial charge is 0.461 e. The van der Waals surface area contributed by atoms with Gasteiger partial charge in [-0.2, -0.15) is 0 Å². The van der Waals surface area contributed by atoms with E-state index in [1.165, 1.54) is 30.0 Å². The molecule has 0 bridgehead atoms. The van der Waals surface area contributed by atoms with E-state index in [4.69, 9.17) is 16.3 Å². The van der Waals surface area contributed by atoms with Crippen molar-refractivity contribution in [2.24, 2.45) is 0 Å². The molecule has 1 amide bonds. The Morgan fingerprint density at radius 3 is 2.81 bits per heavy atom. The molecule has 2 N–H and O–H groups in total. The summed E-state index contributed by atoms with van der Waals surface area (Å²) < 4.78 is 20.1. The summed E-state index contributed by atoms with van der Waals surface area (Å²) in [7, 11) is 2.10. The van der Waals surface area contributed by atoms with Gasteiger partial charge in [0.1, 0.15) is 22.8 Å². The lowest BCUT2D eigenvalue weighted by atomic mass is 10.1. The van der Waals surface area contributed by atoms with E-state index >= 15 is 0 Å². The smallest absolute Gasteiger partial charge is 0.306 e. The number of anilines is 3. The van der Waals surface area contributed by atoms with Gasteiger partial charge in [0.2, 0.25) is 5.91 Å². The number of halogens is 2. The maximum absolute atomic E-state index is 14.7. The lowest BCUT2D eigenvalue weighted by molar-refractivity contribution is -0.152. The molecule has 42 heavy (non-hydrogen) atoms. The summed E-state index contributed by atoms with van der Waals surface area (Å²) in [5, 5.41) is 15.8. The number of rotatable bonds is 10. The van der Waals surface area contributed by atoms with Gasteiger partial charge in [0.25, 0.3) is 0 Å². The number of carbonyl (C=O) groups is 2. The van der Waals surface area contributed by atoms with E-state index in [1.54, 1.807) is 24.4 Å². The lowest BCUT2D eigenvalue weighted by Crippen LogP contribution is -2.45. The number of carbonyl (C=O) groups excluding carboxylic acids is 2. The van der Waals surface area contributed by atoms with Crippen LogP contribution >= 0.6 is 23.4 Å². The first-order chi connectivity index (χ1) is 20.3. The van der Waals surface area contributed by atoms with Crippen molar-refractivity contribution in [1.29, 1.82) is 0 Å². The number of cyclic esters (lactones) is 1. The fourth-order valence-electron chi connectivity index (χ4n) is 4.74. The van der Waals surface area contributed by atoms with Gasteiger partial charge >= 0.3 is 5.97 Å². The van der Waals surface area contributed by atoms with E-state index in [0.717, 1.165) is 39.0 Å². The molecule has 0 spiro atoms. The van der Waals surface area contributed by atoms with E-state index < -0.39 is 5.82 Å². The zero-order valence-electron chi connectivity index (χ0n) is 23.3. The molecule has 1 aromatic carbocycles. The van der Waals surface area contributed by atoms with Crippen LogP contribution in [-0.4, -0.2) is 88.5 Å². The molecule has 0 unspecified atom stereocenters. The second kappa shape index (κ2) is 14.2. The van der Waals surface area contributed by atoms with E-state index in [2.05, 4.69) is 42.7 Å². The van der Waals surface area contributed by atoms with Gasteiger partial charge in [-0.05, 0) is 50.2 Å². The Balaban J connectivity index is 1.30. The van der Waals surface area contributed by atoms with Crippen LogP contribution < -0.4 is 10.6 Å². The number of likely N-dealkylation sites (N-methyl/N-ethyl adjacent to an activating group) is 1. The Bertz CT molecular complexity index is 1420. The van der Waals surface area contributed by atoms with Crippen molar-refractivity contribution in [3.63, 3.8) is 0 Å². The molecule has 3 aromatic rings. The van der Waals surface area contributed by atoms with E-state index in [1.807, 2.05) is 0 Å². The van der Waals surface area contributed by atoms with Gasteiger partial charge in [0.15, 0.2) is 0 Å². The highest BCUT2D eigenvalue weighted by molar-refractivity contribution is 7.99. The summed E-state index contributed by atoms with van der Waals surface area (Å²) in [6.45, 7) is 4.59. The second-order valence-electron chi connectivity index (χ2n) is 10.4. The van der Waals surface area contributed by atoms with Gasteiger partial charge in [-0.25, -0.2) is 9.37 Å². The Morgan fingerprint density at radius 2 is 2.00 bits per heavy atom. The highest BCUT2D eigenvalue weighted by atomic mass is 35.5. The molecule has 2 saturated heterocycles. The number of hydrogen-bond donors (Lipinski definition) is 2. The third-order valence-corrected chi connectivity index (χ3v) is 8.48. The third-order valence-electron chi connectivity index (χ3n) is 7.13. The molecule has 2 aliphatic rings. The molecule has 4 heterocycles. The van der Waals surface area contributed by atoms with Crippen molar-refractivity contribution in [1.82, 2.24) is 25.0 Å². The summed E-state index contributed by atoms with van der Waals surface area (Å²) in [5.74, 6) is 0.138. The molecule has 13 heteroatoms. The van der Waals surface area contributed by atoms with Crippen molar-refractivity contribution in [2.45, 2.75) is 36.8 Å². The van der Waals surface area contributed by atoms with E-state index in [0.29, 0.717) is 58.1 Å². The van der Waals surface area contributed by atoms with Crippen LogP contribution in [0, 0.1) is 5.82 Å². The summed E-state index contributed by atoms with van der Waals surface area (Å²) in [5.41, 5.74) is 1.75. The zero-order chi connectivity index (χ0) is 29.5. The van der Waals surface area contributed by atoms with Crippen LogP contribution in [0.4, 0.5) is 21.6 Å². The number of hydrogen-bond acceptors (Lipinski definition) is 10. The summed E-state index contributed by atoms with van der Waals surface area (Å²) >= 11 is 7.52. The predicted octanol–water partition coefficient (Wildman–Crippen LogP) is 4.84. The molecular weight excluding hydrogens is 581 g/mol. The number of piperazine rings is 1. The fraction of sp³-hybridized carbons (Fsp3) is 0.414. The minimum absolute atomic E-state index is 0.110. The molecule has 2 aliphatic heterocycles. The quantitative estimate of drug-likeness (QED) is 0.243. The molecule has 10 nitrogen and oxygen atoms in total. The highest BCUT2D eigenvalue weighted by Crippen LogP contribution is 2.34. The van der Waals surface area contributed by atoms with Gasteiger partial charge in [-0.1, -0.05) is 23.4 Å². The monoisotopic (exact) mass is 613 g/mol. The van der Waals surface area contributed by atoms with Crippen LogP contribution in [0.15, 0.2) is 47.6 Å². The fourth-order valence-corrected chi connectivity index (χ4v) is 5.85. The molecule has 0 saturated carbocycles. The van der Waals surface area contributed by atoms with Crippen molar-refractivity contribution in [3.05, 3.63) is 53.4 Å². The number of ether oxygens (including phenoxy) is 1. The maximum Gasteiger partial charge on any atom is 0.306 e. The van der Waals surface area contributed by atoms with Gasteiger partial charge in [0.05, 0.1) is 11.4 Å². The summed E-state index contributed by atoms with van der Waals surface area (Å²) in [4.78, 5) is 33.3. The molecule has 2 aromatic heterocycles. The molecule has 1 atom stereocenters. The number of nitrogens with zero attached hydrogens (tertiary/aromatic N) is 5. The number of esters is 1. The SMILES string of the molecule is CN1CCN(CCC(=O)Nc2cc(Nc3cc(-c4cc(Cl)ccc4F)nnc3SC[C@H]3CCCC(=O)O3)ccn2)CC1. The number of thioether (sulfide) groups is 1. The average Bonchev–Trinajstić information content (AvgIpc) is 2.98. The topological polar surface area (TPSA) is 113 Å². The Kier molecular flexibility index (Phi) is 10.2. The van der Waals surface area contributed by atoms with Crippen molar-refractivity contribution >= 4 is 52.4 Å². The minimum atomic E-state index is -0.473. The molecule has 0 radical (unpaired) electrons. The van der Waals surface area contributed by atoms with Crippen LogP contribution in [0.5, 0.6) is 0 Å². The summed E-state index contributed by atoms with van der Waals surface area (Å²) in [6, 6.07) is 9.45. The van der Waals surface area contributed by atoms with Gasteiger partial charge < -0.3 is 25.2 Å². The maximum atomic E-state index is 14.7. The Hall–Kier alpha value is -3.32.